The van der Waals surface area contributed by atoms with E-state index in [1.54, 1.807) is 0 Å². The first-order chi connectivity index (χ1) is 7.99. The summed E-state index contributed by atoms with van der Waals surface area (Å²) >= 11 is 0. The van der Waals surface area contributed by atoms with E-state index < -0.39 is 0 Å². The predicted octanol–water partition coefficient (Wildman–Crippen LogP) is 3.56. The first kappa shape index (κ1) is 12.6. The van der Waals surface area contributed by atoms with Crippen molar-refractivity contribution in [3.63, 3.8) is 0 Å². The molecule has 17 heavy (non-hydrogen) atoms. The zero-order chi connectivity index (χ0) is 12.6. The van der Waals surface area contributed by atoms with Gasteiger partial charge in [0.25, 0.3) is 0 Å². The summed E-state index contributed by atoms with van der Waals surface area (Å²) in [5.41, 5.74) is 5.30. The standard InChI is InChI=1S/C16H24O/c1-10-7-11(2)15(12(3)8-10)9-16(17)13(4)14-5-6-14/h7-8,13-14,16-17H,5-6,9H2,1-4H3. The fourth-order valence-electron chi connectivity index (χ4n) is 2.86. The molecule has 1 aromatic carbocycles. The van der Waals surface area contributed by atoms with Crippen LogP contribution < -0.4 is 0 Å². The molecule has 1 N–H and O–H groups in total. The Balaban J connectivity index is 2.12. The van der Waals surface area contributed by atoms with Gasteiger partial charge in [-0.1, -0.05) is 24.6 Å². The molecule has 2 unspecified atom stereocenters. The smallest absolute Gasteiger partial charge is 0.0608 e. The Kier molecular flexibility index (Phi) is 3.58. The van der Waals surface area contributed by atoms with Crippen molar-refractivity contribution < 1.29 is 5.11 Å². The molecule has 0 aromatic heterocycles. The van der Waals surface area contributed by atoms with E-state index in [0.717, 1.165) is 12.3 Å². The van der Waals surface area contributed by atoms with Crippen molar-refractivity contribution in [2.45, 2.75) is 53.1 Å². The fourth-order valence-corrected chi connectivity index (χ4v) is 2.86. The molecule has 0 bridgehead atoms. The number of benzene rings is 1. The Labute approximate surface area is 105 Å². The quantitative estimate of drug-likeness (QED) is 0.841. The van der Waals surface area contributed by atoms with Gasteiger partial charge in [0, 0.05) is 0 Å². The van der Waals surface area contributed by atoms with Crippen LogP contribution in [0.15, 0.2) is 12.1 Å². The van der Waals surface area contributed by atoms with Gasteiger partial charge in [0.05, 0.1) is 6.10 Å². The number of aliphatic hydroxyl groups is 1. The van der Waals surface area contributed by atoms with Crippen LogP contribution in [0.5, 0.6) is 0 Å². The van der Waals surface area contributed by atoms with Gasteiger partial charge in [-0.15, -0.1) is 0 Å². The minimum Gasteiger partial charge on any atom is -0.392 e. The maximum atomic E-state index is 10.3. The Bertz CT molecular complexity index is 381. The lowest BCUT2D eigenvalue weighted by atomic mass is 9.89. The van der Waals surface area contributed by atoms with Crippen LogP contribution in [0, 0.1) is 32.6 Å². The van der Waals surface area contributed by atoms with Crippen LogP contribution in [0.4, 0.5) is 0 Å². The van der Waals surface area contributed by atoms with Gasteiger partial charge in [-0.3, -0.25) is 0 Å². The van der Waals surface area contributed by atoms with Crippen molar-refractivity contribution in [1.29, 1.82) is 0 Å². The molecular formula is C16H24O. The molecule has 94 valence electrons. The summed E-state index contributed by atoms with van der Waals surface area (Å²) in [6.07, 6.45) is 3.26. The summed E-state index contributed by atoms with van der Waals surface area (Å²) in [6, 6.07) is 4.44. The lowest BCUT2D eigenvalue weighted by Crippen LogP contribution is -2.22. The highest BCUT2D eigenvalue weighted by Crippen LogP contribution is 2.39. The van der Waals surface area contributed by atoms with E-state index >= 15 is 0 Å². The summed E-state index contributed by atoms with van der Waals surface area (Å²) in [4.78, 5) is 0. The van der Waals surface area contributed by atoms with E-state index in [-0.39, 0.29) is 6.10 Å². The van der Waals surface area contributed by atoms with Gasteiger partial charge in [0.1, 0.15) is 0 Å². The van der Waals surface area contributed by atoms with Crippen molar-refractivity contribution in [3.05, 3.63) is 34.4 Å². The van der Waals surface area contributed by atoms with E-state index in [1.807, 2.05) is 0 Å². The van der Waals surface area contributed by atoms with Gasteiger partial charge < -0.3 is 5.11 Å². The van der Waals surface area contributed by atoms with E-state index in [0.29, 0.717) is 5.92 Å². The van der Waals surface area contributed by atoms with Crippen molar-refractivity contribution in [3.8, 4) is 0 Å². The maximum Gasteiger partial charge on any atom is 0.0608 e. The van der Waals surface area contributed by atoms with E-state index in [4.69, 9.17) is 0 Å². The number of rotatable bonds is 4. The van der Waals surface area contributed by atoms with Gasteiger partial charge in [-0.25, -0.2) is 0 Å². The Morgan fingerprint density at radius 3 is 2.18 bits per heavy atom. The van der Waals surface area contributed by atoms with Crippen LogP contribution in [-0.2, 0) is 6.42 Å². The topological polar surface area (TPSA) is 20.2 Å². The van der Waals surface area contributed by atoms with Gasteiger partial charge in [0.2, 0.25) is 0 Å². The number of hydrogen-bond acceptors (Lipinski definition) is 1. The molecule has 1 nitrogen and oxygen atoms in total. The average molecular weight is 232 g/mol. The summed E-state index contributed by atoms with van der Waals surface area (Å²) in [6.45, 7) is 8.64. The highest BCUT2D eigenvalue weighted by molar-refractivity contribution is 5.37. The largest absolute Gasteiger partial charge is 0.392 e. The molecule has 0 amide bonds. The fraction of sp³-hybridized carbons (Fsp3) is 0.625. The lowest BCUT2D eigenvalue weighted by molar-refractivity contribution is 0.105. The molecule has 1 fully saturated rings. The van der Waals surface area contributed by atoms with Crippen molar-refractivity contribution in [2.75, 3.05) is 0 Å². The highest BCUT2D eigenvalue weighted by atomic mass is 16.3. The molecule has 0 aliphatic heterocycles. The molecule has 1 heteroatoms. The van der Waals surface area contributed by atoms with Gasteiger partial charge in [-0.05, 0) is 68.6 Å². The Hall–Kier alpha value is -0.820. The summed E-state index contributed by atoms with van der Waals surface area (Å²) < 4.78 is 0. The van der Waals surface area contributed by atoms with Crippen molar-refractivity contribution in [2.24, 2.45) is 11.8 Å². The van der Waals surface area contributed by atoms with Crippen LogP contribution in [0.3, 0.4) is 0 Å². The van der Waals surface area contributed by atoms with Crippen molar-refractivity contribution in [1.82, 2.24) is 0 Å². The van der Waals surface area contributed by atoms with Crippen LogP contribution in [0.1, 0.15) is 42.0 Å². The third-order valence-corrected chi connectivity index (χ3v) is 4.23. The number of aliphatic hydroxyl groups excluding tert-OH is 1. The zero-order valence-corrected chi connectivity index (χ0v) is 11.5. The lowest BCUT2D eigenvalue weighted by Gasteiger charge is -2.21. The monoisotopic (exact) mass is 232 g/mol. The molecule has 0 radical (unpaired) electrons. The molecule has 0 heterocycles. The molecule has 1 saturated carbocycles. The predicted molar refractivity (Wildman–Crippen MR) is 72.3 cm³/mol. The normalized spacial score (nSPS) is 19.1. The van der Waals surface area contributed by atoms with Gasteiger partial charge in [-0.2, -0.15) is 0 Å². The van der Waals surface area contributed by atoms with Gasteiger partial charge in [0.15, 0.2) is 0 Å². The second-order valence-corrected chi connectivity index (χ2v) is 5.85. The summed E-state index contributed by atoms with van der Waals surface area (Å²) in [5.74, 6) is 1.23. The molecule has 2 atom stereocenters. The first-order valence-corrected chi connectivity index (χ1v) is 6.74. The van der Waals surface area contributed by atoms with E-state index in [2.05, 4.69) is 39.8 Å². The molecule has 1 aliphatic rings. The Morgan fingerprint density at radius 2 is 1.71 bits per heavy atom. The molecule has 0 spiro atoms. The second-order valence-electron chi connectivity index (χ2n) is 5.85. The third-order valence-electron chi connectivity index (χ3n) is 4.23. The Morgan fingerprint density at radius 1 is 1.18 bits per heavy atom. The minimum atomic E-state index is -0.178. The number of aryl methyl sites for hydroxylation is 3. The summed E-state index contributed by atoms with van der Waals surface area (Å²) in [5, 5.41) is 10.3. The van der Waals surface area contributed by atoms with Crippen LogP contribution in [0.25, 0.3) is 0 Å². The second kappa shape index (κ2) is 4.81. The number of hydrogen-bond donors (Lipinski definition) is 1. The maximum absolute atomic E-state index is 10.3. The van der Waals surface area contributed by atoms with Gasteiger partial charge >= 0.3 is 0 Å². The third kappa shape index (κ3) is 2.90. The first-order valence-electron chi connectivity index (χ1n) is 6.74. The molecule has 2 rings (SSSR count). The van der Waals surface area contributed by atoms with Crippen LogP contribution >= 0.6 is 0 Å². The molecule has 0 saturated heterocycles. The molecular weight excluding hydrogens is 208 g/mol. The molecule has 1 aromatic rings. The highest BCUT2D eigenvalue weighted by Gasteiger charge is 2.32. The summed E-state index contributed by atoms with van der Waals surface area (Å²) in [7, 11) is 0. The van der Waals surface area contributed by atoms with E-state index in [1.165, 1.54) is 35.1 Å². The van der Waals surface area contributed by atoms with E-state index in [9.17, 15) is 5.11 Å². The van der Waals surface area contributed by atoms with Crippen molar-refractivity contribution >= 4 is 0 Å². The minimum absolute atomic E-state index is 0.178. The average Bonchev–Trinajstić information content (AvgIpc) is 3.05. The SMILES string of the molecule is Cc1cc(C)c(CC(O)C(C)C2CC2)c(C)c1. The zero-order valence-electron chi connectivity index (χ0n) is 11.5. The van der Waals surface area contributed by atoms with Crippen LogP contribution in [0.2, 0.25) is 0 Å². The van der Waals surface area contributed by atoms with Crippen LogP contribution in [-0.4, -0.2) is 11.2 Å². The molecule has 1 aliphatic carbocycles.